The van der Waals surface area contributed by atoms with E-state index >= 15 is 0 Å². The lowest BCUT2D eigenvalue weighted by Crippen LogP contribution is -2.36. The van der Waals surface area contributed by atoms with Gasteiger partial charge in [0.15, 0.2) is 0 Å². The van der Waals surface area contributed by atoms with Crippen LogP contribution in [0.1, 0.15) is 38.7 Å². The van der Waals surface area contributed by atoms with Crippen molar-refractivity contribution < 1.29 is 4.92 Å². The molecule has 2 unspecified atom stereocenters. The van der Waals surface area contributed by atoms with Gasteiger partial charge in [0.05, 0.1) is 4.92 Å². The molecule has 0 aromatic heterocycles. The van der Waals surface area contributed by atoms with Gasteiger partial charge in [-0.1, -0.05) is 29.8 Å². The molecule has 0 radical (unpaired) electrons. The van der Waals surface area contributed by atoms with Gasteiger partial charge in [-0.2, -0.15) is 0 Å². The van der Waals surface area contributed by atoms with E-state index in [-0.39, 0.29) is 10.6 Å². The lowest BCUT2D eigenvalue weighted by Gasteiger charge is -2.32. The second-order valence-corrected chi connectivity index (χ2v) is 6.94. The van der Waals surface area contributed by atoms with E-state index < -0.39 is 0 Å². The predicted octanol–water partition coefficient (Wildman–Crippen LogP) is 4.27. The molecular formula is C15H21BrN2O2. The number of hydrogen-bond acceptors (Lipinski definition) is 3. The van der Waals surface area contributed by atoms with Crippen molar-refractivity contribution >= 4 is 21.6 Å². The van der Waals surface area contributed by atoms with Crippen LogP contribution in [-0.4, -0.2) is 11.0 Å². The molecule has 1 aromatic rings. The van der Waals surface area contributed by atoms with Crippen LogP contribution in [0.4, 0.5) is 5.69 Å². The maximum Gasteiger partial charge on any atom is 0.273 e. The number of benzene rings is 1. The highest BCUT2D eigenvalue weighted by Crippen LogP contribution is 2.29. The molecule has 0 bridgehead atoms. The molecule has 0 saturated heterocycles. The molecule has 0 spiro atoms. The first-order valence-corrected chi connectivity index (χ1v) is 7.91. The van der Waals surface area contributed by atoms with Gasteiger partial charge >= 0.3 is 0 Å². The van der Waals surface area contributed by atoms with Crippen molar-refractivity contribution in [2.45, 2.75) is 45.7 Å². The molecule has 0 heterocycles. The Kier molecular flexibility index (Phi) is 5.16. The molecule has 1 aliphatic carbocycles. The Hall–Kier alpha value is -0.940. The van der Waals surface area contributed by atoms with E-state index in [1.807, 2.05) is 6.07 Å². The summed E-state index contributed by atoms with van der Waals surface area (Å²) < 4.78 is 0.880. The van der Waals surface area contributed by atoms with Crippen molar-refractivity contribution in [1.82, 2.24) is 5.32 Å². The molecule has 5 heteroatoms. The van der Waals surface area contributed by atoms with Gasteiger partial charge in [0.25, 0.3) is 5.69 Å². The first kappa shape index (κ1) is 15.4. The van der Waals surface area contributed by atoms with Gasteiger partial charge in [0.1, 0.15) is 0 Å². The smallest absolute Gasteiger partial charge is 0.273 e. The third-order valence-corrected chi connectivity index (χ3v) is 4.49. The average Bonchev–Trinajstić information content (AvgIpc) is 2.35. The standard InChI is InChI=1S/C15H21BrN2O2/c1-10-5-11(2)7-14(6-10)17-9-12-8-13(16)3-4-15(12)18(19)20/h3-4,8,10-11,14,17H,5-7,9H2,1-2H3. The van der Waals surface area contributed by atoms with Crippen molar-refractivity contribution in [3.8, 4) is 0 Å². The van der Waals surface area contributed by atoms with Crippen LogP contribution >= 0.6 is 15.9 Å². The van der Waals surface area contributed by atoms with E-state index in [2.05, 4.69) is 35.1 Å². The summed E-state index contributed by atoms with van der Waals surface area (Å²) in [6.45, 7) is 5.12. The molecule has 2 rings (SSSR count). The maximum atomic E-state index is 11.1. The Morgan fingerprint density at radius 2 is 1.95 bits per heavy atom. The third kappa shape index (κ3) is 4.03. The maximum absolute atomic E-state index is 11.1. The number of hydrogen-bond donors (Lipinski definition) is 1. The van der Waals surface area contributed by atoms with Gasteiger partial charge in [0, 0.05) is 28.7 Å². The molecule has 2 atom stereocenters. The number of nitrogens with one attached hydrogen (secondary N) is 1. The van der Waals surface area contributed by atoms with E-state index in [1.165, 1.54) is 6.42 Å². The van der Waals surface area contributed by atoms with E-state index in [0.29, 0.717) is 12.6 Å². The van der Waals surface area contributed by atoms with Crippen molar-refractivity contribution in [2.24, 2.45) is 11.8 Å². The summed E-state index contributed by atoms with van der Waals surface area (Å²) in [5.41, 5.74) is 0.938. The van der Waals surface area contributed by atoms with Gasteiger partial charge in [-0.3, -0.25) is 10.1 Å². The van der Waals surface area contributed by atoms with Crippen LogP contribution in [-0.2, 0) is 6.54 Å². The quantitative estimate of drug-likeness (QED) is 0.657. The Morgan fingerprint density at radius 3 is 2.55 bits per heavy atom. The fourth-order valence-electron chi connectivity index (χ4n) is 3.24. The summed E-state index contributed by atoms with van der Waals surface area (Å²) in [5, 5.41) is 14.5. The first-order valence-electron chi connectivity index (χ1n) is 7.12. The van der Waals surface area contributed by atoms with Crippen LogP contribution in [0.25, 0.3) is 0 Å². The molecule has 20 heavy (non-hydrogen) atoms. The molecule has 1 aliphatic rings. The van der Waals surface area contributed by atoms with Gasteiger partial charge < -0.3 is 5.32 Å². The fraction of sp³-hybridized carbons (Fsp3) is 0.600. The van der Waals surface area contributed by atoms with Gasteiger partial charge in [-0.05, 0) is 43.2 Å². The molecule has 1 saturated carbocycles. The number of nitro benzene ring substituents is 1. The summed E-state index contributed by atoms with van der Waals surface area (Å²) >= 11 is 3.38. The third-order valence-electron chi connectivity index (χ3n) is 4.00. The zero-order valence-corrected chi connectivity index (χ0v) is 13.5. The Morgan fingerprint density at radius 1 is 1.30 bits per heavy atom. The van der Waals surface area contributed by atoms with E-state index in [4.69, 9.17) is 0 Å². The molecular weight excluding hydrogens is 320 g/mol. The molecule has 1 fully saturated rings. The zero-order valence-electron chi connectivity index (χ0n) is 11.9. The first-order chi connectivity index (χ1) is 9.45. The number of rotatable bonds is 4. The van der Waals surface area contributed by atoms with Crippen molar-refractivity contribution in [3.63, 3.8) is 0 Å². The minimum Gasteiger partial charge on any atom is -0.310 e. The van der Waals surface area contributed by atoms with Gasteiger partial charge in [0.2, 0.25) is 0 Å². The average molecular weight is 341 g/mol. The van der Waals surface area contributed by atoms with Crippen LogP contribution in [0.2, 0.25) is 0 Å². The molecule has 4 nitrogen and oxygen atoms in total. The van der Waals surface area contributed by atoms with Crippen LogP contribution in [0.15, 0.2) is 22.7 Å². The normalized spacial score (nSPS) is 26.4. The Balaban J connectivity index is 2.03. The summed E-state index contributed by atoms with van der Waals surface area (Å²) in [5.74, 6) is 1.46. The van der Waals surface area contributed by atoms with Crippen LogP contribution < -0.4 is 5.32 Å². The van der Waals surface area contributed by atoms with Crippen LogP contribution in [0, 0.1) is 22.0 Å². The highest BCUT2D eigenvalue weighted by molar-refractivity contribution is 9.10. The minimum absolute atomic E-state index is 0.192. The minimum atomic E-state index is -0.310. The summed E-state index contributed by atoms with van der Waals surface area (Å²) in [6, 6.07) is 5.58. The van der Waals surface area contributed by atoms with Gasteiger partial charge in [-0.15, -0.1) is 0 Å². The Bertz CT molecular complexity index is 483. The summed E-state index contributed by atoms with van der Waals surface area (Å²) in [4.78, 5) is 10.7. The zero-order chi connectivity index (χ0) is 14.7. The number of nitro groups is 1. The Labute approximate surface area is 128 Å². The second-order valence-electron chi connectivity index (χ2n) is 6.03. The molecule has 0 amide bonds. The lowest BCUT2D eigenvalue weighted by atomic mass is 9.80. The second kappa shape index (κ2) is 6.68. The summed E-state index contributed by atoms with van der Waals surface area (Å²) in [6.07, 6.45) is 3.60. The number of halogens is 1. The molecule has 110 valence electrons. The van der Waals surface area contributed by atoms with Crippen LogP contribution in [0.5, 0.6) is 0 Å². The molecule has 1 N–H and O–H groups in total. The van der Waals surface area contributed by atoms with Crippen molar-refractivity contribution in [2.75, 3.05) is 0 Å². The van der Waals surface area contributed by atoms with Crippen molar-refractivity contribution in [1.29, 1.82) is 0 Å². The lowest BCUT2D eigenvalue weighted by molar-refractivity contribution is -0.385. The number of nitrogens with zero attached hydrogens (tertiary/aromatic N) is 1. The summed E-state index contributed by atoms with van der Waals surface area (Å²) in [7, 11) is 0. The largest absolute Gasteiger partial charge is 0.310 e. The van der Waals surface area contributed by atoms with Crippen LogP contribution in [0.3, 0.4) is 0 Å². The highest BCUT2D eigenvalue weighted by atomic mass is 79.9. The molecule has 1 aromatic carbocycles. The van der Waals surface area contributed by atoms with E-state index in [1.54, 1.807) is 12.1 Å². The van der Waals surface area contributed by atoms with E-state index in [0.717, 1.165) is 34.7 Å². The van der Waals surface area contributed by atoms with Gasteiger partial charge in [-0.25, -0.2) is 0 Å². The fourth-order valence-corrected chi connectivity index (χ4v) is 3.65. The van der Waals surface area contributed by atoms with E-state index in [9.17, 15) is 10.1 Å². The SMILES string of the molecule is CC1CC(C)CC(NCc2cc(Br)ccc2[N+](=O)[O-])C1. The predicted molar refractivity (Wildman–Crippen MR) is 83.6 cm³/mol. The highest BCUT2D eigenvalue weighted by Gasteiger charge is 2.24. The monoisotopic (exact) mass is 340 g/mol. The topological polar surface area (TPSA) is 55.2 Å². The van der Waals surface area contributed by atoms with Crippen molar-refractivity contribution in [3.05, 3.63) is 38.3 Å². The molecule has 0 aliphatic heterocycles.